The van der Waals surface area contributed by atoms with Crippen LogP contribution < -0.4 is 4.72 Å². The number of hydrogen-bond acceptors (Lipinski definition) is 5. The number of sulfonamides is 1. The maximum absolute atomic E-state index is 12.0. The summed E-state index contributed by atoms with van der Waals surface area (Å²) in [5, 5.41) is 12.8. The van der Waals surface area contributed by atoms with Gasteiger partial charge in [-0.15, -0.1) is 11.3 Å². The molecule has 0 atom stereocenters. The van der Waals surface area contributed by atoms with Gasteiger partial charge >= 0.3 is 0 Å². The Morgan fingerprint density at radius 3 is 2.89 bits per heavy atom. The van der Waals surface area contributed by atoms with Gasteiger partial charge in [0, 0.05) is 43.3 Å². The maximum atomic E-state index is 12.0. The third-order valence-corrected chi connectivity index (χ3v) is 5.52. The Morgan fingerprint density at radius 1 is 1.47 bits per heavy atom. The first-order valence-electron chi connectivity index (χ1n) is 5.68. The molecule has 0 aliphatic heterocycles. The molecule has 8 heteroatoms. The molecule has 0 aliphatic rings. The molecule has 0 amide bonds. The summed E-state index contributed by atoms with van der Waals surface area (Å²) in [6.07, 6.45) is 3.85. The van der Waals surface area contributed by atoms with E-state index in [1.807, 2.05) is 0 Å². The van der Waals surface area contributed by atoms with Crippen LogP contribution in [-0.2, 0) is 30.0 Å². The van der Waals surface area contributed by atoms with E-state index < -0.39 is 10.0 Å². The highest BCUT2D eigenvalue weighted by Gasteiger charge is 2.16. The van der Waals surface area contributed by atoms with Gasteiger partial charge in [-0.2, -0.15) is 5.10 Å². The van der Waals surface area contributed by atoms with E-state index in [-0.39, 0.29) is 17.4 Å². The van der Waals surface area contributed by atoms with Crippen molar-refractivity contribution in [1.82, 2.24) is 14.5 Å². The van der Waals surface area contributed by atoms with Gasteiger partial charge in [-0.1, -0.05) is 0 Å². The van der Waals surface area contributed by atoms with Crippen molar-refractivity contribution < 1.29 is 13.5 Å². The minimum Gasteiger partial charge on any atom is -0.396 e. The molecule has 2 heterocycles. The van der Waals surface area contributed by atoms with Crippen molar-refractivity contribution >= 4 is 21.4 Å². The van der Waals surface area contributed by atoms with Crippen LogP contribution in [0.3, 0.4) is 0 Å². The maximum Gasteiger partial charge on any atom is 0.250 e. The molecule has 0 fully saturated rings. The van der Waals surface area contributed by atoms with Crippen molar-refractivity contribution in [2.45, 2.75) is 17.2 Å². The van der Waals surface area contributed by atoms with Crippen molar-refractivity contribution in [2.75, 3.05) is 6.61 Å². The smallest absolute Gasteiger partial charge is 0.250 e. The Hall–Kier alpha value is -1.22. The van der Waals surface area contributed by atoms with Gasteiger partial charge in [0.15, 0.2) is 0 Å². The van der Waals surface area contributed by atoms with Gasteiger partial charge in [-0.05, 0) is 12.1 Å². The number of rotatable bonds is 6. The molecule has 0 unspecified atom stereocenters. The molecule has 0 bridgehead atoms. The zero-order valence-corrected chi connectivity index (χ0v) is 12.0. The Kier molecular flexibility index (Phi) is 4.35. The fourth-order valence-corrected chi connectivity index (χ4v) is 3.97. The molecule has 0 spiro atoms. The molecule has 0 aliphatic carbocycles. The summed E-state index contributed by atoms with van der Waals surface area (Å²) in [5.41, 5.74) is 0.804. The van der Waals surface area contributed by atoms with E-state index >= 15 is 0 Å². The third kappa shape index (κ3) is 3.63. The molecule has 0 aromatic carbocycles. The lowest BCUT2D eigenvalue weighted by molar-refractivity contribution is 0.300. The molecule has 0 radical (unpaired) electrons. The van der Waals surface area contributed by atoms with E-state index in [0.717, 1.165) is 10.4 Å². The number of aryl methyl sites for hydroxylation is 1. The number of aliphatic hydroxyl groups is 1. The lowest BCUT2D eigenvalue weighted by Gasteiger charge is -2.02. The van der Waals surface area contributed by atoms with E-state index in [9.17, 15) is 8.42 Å². The molecule has 0 saturated carbocycles. The van der Waals surface area contributed by atoms with Gasteiger partial charge in [0.25, 0.3) is 0 Å². The van der Waals surface area contributed by atoms with Crippen molar-refractivity contribution in [2.24, 2.45) is 7.05 Å². The number of nitrogens with zero attached hydrogens (tertiary/aromatic N) is 2. The van der Waals surface area contributed by atoms with Gasteiger partial charge in [-0.3, -0.25) is 4.68 Å². The predicted molar refractivity (Wildman–Crippen MR) is 72.3 cm³/mol. The molecular formula is C11H15N3O3S2. The molecule has 2 aromatic rings. The lowest BCUT2D eigenvalue weighted by Crippen LogP contribution is -2.22. The minimum absolute atomic E-state index is 0.0170. The standard InChI is InChI=1S/C11H15N3O3S2/c1-14-8-9(6-12-14)7-13-19(16,17)11-3-2-10(18-11)4-5-15/h2-3,6,8,13,15H,4-5,7H2,1H3. The summed E-state index contributed by atoms with van der Waals surface area (Å²) in [4.78, 5) is 0.851. The monoisotopic (exact) mass is 301 g/mol. The number of nitrogens with one attached hydrogen (secondary N) is 1. The second-order valence-corrected chi connectivity index (χ2v) is 7.20. The fraction of sp³-hybridized carbons (Fsp3) is 0.364. The third-order valence-electron chi connectivity index (χ3n) is 2.48. The van der Waals surface area contributed by atoms with Crippen LogP contribution in [0.5, 0.6) is 0 Å². The first-order chi connectivity index (χ1) is 9.01. The molecular weight excluding hydrogens is 286 g/mol. The Balaban J connectivity index is 2.04. The van der Waals surface area contributed by atoms with Crippen LogP contribution in [0.15, 0.2) is 28.7 Å². The van der Waals surface area contributed by atoms with Gasteiger partial charge in [0.2, 0.25) is 10.0 Å². The zero-order chi connectivity index (χ0) is 13.9. The first kappa shape index (κ1) is 14.2. The Labute approximate surface area is 115 Å². The quantitative estimate of drug-likeness (QED) is 0.813. The molecule has 2 N–H and O–H groups in total. The molecule has 19 heavy (non-hydrogen) atoms. The molecule has 0 saturated heterocycles. The van der Waals surface area contributed by atoms with Crippen LogP contribution in [0.2, 0.25) is 0 Å². The normalized spacial score (nSPS) is 11.9. The summed E-state index contributed by atoms with van der Waals surface area (Å²) < 4.78 is 28.5. The van der Waals surface area contributed by atoms with Gasteiger partial charge in [-0.25, -0.2) is 13.1 Å². The second kappa shape index (κ2) is 5.83. The predicted octanol–water partition coefficient (Wildman–Crippen LogP) is 0.495. The molecule has 6 nitrogen and oxygen atoms in total. The first-order valence-corrected chi connectivity index (χ1v) is 7.98. The van der Waals surface area contributed by atoms with Gasteiger partial charge in [0.05, 0.1) is 6.20 Å². The van der Waals surface area contributed by atoms with E-state index in [4.69, 9.17) is 5.11 Å². The van der Waals surface area contributed by atoms with Gasteiger partial charge < -0.3 is 5.11 Å². The van der Waals surface area contributed by atoms with Crippen LogP contribution in [0.1, 0.15) is 10.4 Å². The number of thiophene rings is 1. The summed E-state index contributed by atoms with van der Waals surface area (Å²) in [6.45, 7) is 0.229. The second-order valence-electron chi connectivity index (χ2n) is 4.04. The van der Waals surface area contributed by atoms with Gasteiger partial charge in [0.1, 0.15) is 4.21 Å². The fourth-order valence-electron chi connectivity index (χ4n) is 1.56. The highest BCUT2D eigenvalue weighted by atomic mass is 32.2. The van der Waals surface area contributed by atoms with Crippen molar-refractivity contribution in [1.29, 1.82) is 0 Å². The van der Waals surface area contributed by atoms with Crippen molar-refractivity contribution in [3.8, 4) is 0 Å². The number of aliphatic hydroxyl groups excluding tert-OH is 1. The summed E-state index contributed by atoms with van der Waals surface area (Å²) >= 11 is 1.17. The van der Waals surface area contributed by atoms with Crippen molar-refractivity contribution in [3.63, 3.8) is 0 Å². The Morgan fingerprint density at radius 2 is 2.26 bits per heavy atom. The van der Waals surface area contributed by atoms with Crippen LogP contribution >= 0.6 is 11.3 Å². The number of hydrogen-bond donors (Lipinski definition) is 2. The van der Waals surface area contributed by atoms with E-state index in [1.54, 1.807) is 36.3 Å². The van der Waals surface area contributed by atoms with E-state index in [2.05, 4.69) is 9.82 Å². The van der Waals surface area contributed by atoms with E-state index in [0.29, 0.717) is 6.42 Å². The number of aromatic nitrogens is 2. The summed E-state index contributed by atoms with van der Waals surface area (Å²) in [6, 6.07) is 3.28. The lowest BCUT2D eigenvalue weighted by atomic mass is 10.4. The SMILES string of the molecule is Cn1cc(CNS(=O)(=O)c2ccc(CCO)s2)cn1. The highest BCUT2D eigenvalue weighted by Crippen LogP contribution is 2.21. The van der Waals surface area contributed by atoms with Crippen LogP contribution in [0.25, 0.3) is 0 Å². The largest absolute Gasteiger partial charge is 0.396 e. The molecule has 2 aromatic heterocycles. The van der Waals surface area contributed by atoms with Crippen LogP contribution in [-0.4, -0.2) is 29.9 Å². The molecule has 104 valence electrons. The topological polar surface area (TPSA) is 84.2 Å². The zero-order valence-electron chi connectivity index (χ0n) is 10.4. The van der Waals surface area contributed by atoms with E-state index in [1.165, 1.54) is 11.3 Å². The average molecular weight is 301 g/mol. The van der Waals surface area contributed by atoms with Crippen LogP contribution in [0, 0.1) is 0 Å². The van der Waals surface area contributed by atoms with Crippen molar-refractivity contribution in [3.05, 3.63) is 35.0 Å². The average Bonchev–Trinajstić information content (AvgIpc) is 2.97. The summed E-state index contributed by atoms with van der Waals surface area (Å²) in [5.74, 6) is 0. The minimum atomic E-state index is -3.50. The molecule has 2 rings (SSSR count). The summed E-state index contributed by atoms with van der Waals surface area (Å²) in [7, 11) is -1.72. The Bertz CT molecular complexity index is 646. The highest BCUT2D eigenvalue weighted by molar-refractivity contribution is 7.91. The van der Waals surface area contributed by atoms with Crippen LogP contribution in [0.4, 0.5) is 0 Å².